The second-order valence-electron chi connectivity index (χ2n) is 8.63. The largest absolute Gasteiger partial charge is 0.497 e. The van der Waals surface area contributed by atoms with E-state index in [1.165, 1.54) is 29.5 Å². The number of hydrogen-bond acceptors (Lipinski definition) is 2. The van der Waals surface area contributed by atoms with Crippen LogP contribution in [0.4, 0.5) is 0 Å². The van der Waals surface area contributed by atoms with E-state index in [2.05, 4.69) is 39.0 Å². The number of Topliss-reactive ketones (excluding diaryl/α,β-unsaturated/α-hetero) is 1. The lowest BCUT2D eigenvalue weighted by Gasteiger charge is -2.41. The molecule has 2 nitrogen and oxygen atoms in total. The van der Waals surface area contributed by atoms with Crippen LogP contribution in [0.3, 0.4) is 0 Å². The summed E-state index contributed by atoms with van der Waals surface area (Å²) in [5.41, 5.74) is 6.07. The third kappa shape index (κ3) is 2.26. The lowest BCUT2D eigenvalue weighted by atomic mass is 9.64. The zero-order valence-electron chi connectivity index (χ0n) is 15.3. The third-order valence-electron chi connectivity index (χ3n) is 6.91. The SMILES string of the molecule is COc1ccc2c(c1)C1=C3CCCC(C)(C)[C@@H]3CC(=O)[C@@H](C)[C@@H]1C2. The van der Waals surface area contributed by atoms with Crippen LogP contribution in [0, 0.1) is 23.2 Å². The van der Waals surface area contributed by atoms with Gasteiger partial charge in [-0.3, -0.25) is 4.79 Å². The highest BCUT2D eigenvalue weighted by atomic mass is 16.5. The molecule has 2 heteroatoms. The maximum Gasteiger partial charge on any atom is 0.136 e. The van der Waals surface area contributed by atoms with Gasteiger partial charge in [0.2, 0.25) is 0 Å². The van der Waals surface area contributed by atoms with E-state index in [-0.39, 0.29) is 11.3 Å². The molecule has 0 N–H and O–H groups in total. The van der Waals surface area contributed by atoms with Gasteiger partial charge >= 0.3 is 0 Å². The first-order valence-corrected chi connectivity index (χ1v) is 9.35. The molecule has 1 aromatic rings. The summed E-state index contributed by atoms with van der Waals surface area (Å²) in [7, 11) is 1.73. The van der Waals surface area contributed by atoms with Gasteiger partial charge in [0, 0.05) is 12.3 Å². The quantitative estimate of drug-likeness (QED) is 0.722. The zero-order valence-corrected chi connectivity index (χ0v) is 15.3. The number of rotatable bonds is 1. The molecule has 0 aromatic heterocycles. The first-order valence-electron chi connectivity index (χ1n) is 9.35. The monoisotopic (exact) mass is 324 g/mol. The van der Waals surface area contributed by atoms with Crippen molar-refractivity contribution in [2.24, 2.45) is 23.2 Å². The minimum Gasteiger partial charge on any atom is -0.497 e. The van der Waals surface area contributed by atoms with Crippen molar-refractivity contribution in [3.8, 4) is 5.75 Å². The predicted molar refractivity (Wildman–Crippen MR) is 97.0 cm³/mol. The summed E-state index contributed by atoms with van der Waals surface area (Å²) in [6.45, 7) is 6.87. The standard InChI is InChI=1S/C22H28O2/c1-13-17-10-14-7-8-15(24-4)11-18(14)21(17)16-6-5-9-22(2,3)19(16)12-20(13)23/h7-8,11,13,17,19H,5-6,9-10,12H2,1-4H3/t13-,17-,19+/m0/s1. The van der Waals surface area contributed by atoms with Gasteiger partial charge < -0.3 is 4.74 Å². The molecular formula is C22H28O2. The number of benzene rings is 1. The van der Waals surface area contributed by atoms with E-state index >= 15 is 0 Å². The molecule has 4 rings (SSSR count). The Morgan fingerprint density at radius 3 is 2.75 bits per heavy atom. The fourth-order valence-corrected chi connectivity index (χ4v) is 5.38. The van der Waals surface area contributed by atoms with Crippen LogP contribution in [0.15, 0.2) is 23.8 Å². The average molecular weight is 324 g/mol. The van der Waals surface area contributed by atoms with E-state index in [1.54, 1.807) is 12.7 Å². The molecule has 3 aliphatic carbocycles. The summed E-state index contributed by atoms with van der Waals surface area (Å²) in [5, 5.41) is 0. The molecule has 0 amide bonds. The second kappa shape index (κ2) is 5.47. The molecule has 0 unspecified atom stereocenters. The first-order chi connectivity index (χ1) is 11.4. The number of ketones is 1. The van der Waals surface area contributed by atoms with Gasteiger partial charge in [0.05, 0.1) is 7.11 Å². The van der Waals surface area contributed by atoms with Crippen LogP contribution in [0.2, 0.25) is 0 Å². The molecule has 24 heavy (non-hydrogen) atoms. The van der Waals surface area contributed by atoms with Gasteiger partial charge in [0.15, 0.2) is 0 Å². The number of hydrogen-bond donors (Lipinski definition) is 0. The van der Waals surface area contributed by atoms with Crippen LogP contribution in [0.5, 0.6) is 5.75 Å². The molecule has 1 aromatic carbocycles. The highest BCUT2D eigenvalue weighted by Gasteiger charge is 2.46. The Bertz CT molecular complexity index is 725. The van der Waals surface area contributed by atoms with Crippen LogP contribution in [0.1, 0.15) is 57.6 Å². The number of fused-ring (bicyclic) bond motifs is 4. The summed E-state index contributed by atoms with van der Waals surface area (Å²) in [5.74, 6) is 2.31. The van der Waals surface area contributed by atoms with Gasteiger partial charge in [-0.25, -0.2) is 0 Å². The summed E-state index contributed by atoms with van der Waals surface area (Å²) < 4.78 is 5.49. The number of carbonyl (C=O) groups excluding carboxylic acids is 1. The smallest absolute Gasteiger partial charge is 0.136 e. The third-order valence-corrected chi connectivity index (χ3v) is 6.91. The Morgan fingerprint density at radius 1 is 1.21 bits per heavy atom. The van der Waals surface area contributed by atoms with Gasteiger partial charge in [0.1, 0.15) is 11.5 Å². The van der Waals surface area contributed by atoms with E-state index in [4.69, 9.17) is 4.74 Å². The van der Waals surface area contributed by atoms with Crippen molar-refractivity contribution < 1.29 is 9.53 Å². The van der Waals surface area contributed by atoms with Crippen LogP contribution in [-0.2, 0) is 11.2 Å². The summed E-state index contributed by atoms with van der Waals surface area (Å²) >= 11 is 0. The fraction of sp³-hybridized carbons (Fsp3) is 0.591. The lowest BCUT2D eigenvalue weighted by molar-refractivity contribution is -0.124. The normalized spacial score (nSPS) is 31.2. The highest BCUT2D eigenvalue weighted by Crippen LogP contribution is 2.55. The van der Waals surface area contributed by atoms with Gasteiger partial charge in [0.25, 0.3) is 0 Å². The van der Waals surface area contributed by atoms with Gasteiger partial charge in [-0.1, -0.05) is 32.4 Å². The zero-order chi connectivity index (χ0) is 17.1. The Balaban J connectivity index is 1.94. The van der Waals surface area contributed by atoms with Crippen molar-refractivity contribution in [1.82, 2.24) is 0 Å². The van der Waals surface area contributed by atoms with Crippen molar-refractivity contribution in [2.75, 3.05) is 7.11 Å². The van der Waals surface area contributed by atoms with E-state index < -0.39 is 0 Å². The van der Waals surface area contributed by atoms with Gasteiger partial charge in [-0.05, 0) is 71.8 Å². The van der Waals surface area contributed by atoms with Crippen LogP contribution >= 0.6 is 0 Å². The number of methoxy groups -OCH3 is 1. The Kier molecular flexibility index (Phi) is 3.63. The summed E-state index contributed by atoms with van der Waals surface area (Å²) in [6.07, 6.45) is 5.39. The van der Waals surface area contributed by atoms with E-state index in [0.717, 1.165) is 25.0 Å². The van der Waals surface area contributed by atoms with Crippen LogP contribution in [-0.4, -0.2) is 12.9 Å². The Labute approximate surface area is 145 Å². The maximum absolute atomic E-state index is 12.9. The molecule has 0 aliphatic heterocycles. The van der Waals surface area contributed by atoms with Crippen molar-refractivity contribution in [1.29, 1.82) is 0 Å². The molecule has 0 bridgehead atoms. The minimum atomic E-state index is 0.132. The molecule has 0 spiro atoms. The number of ether oxygens (including phenoxy) is 1. The van der Waals surface area contributed by atoms with E-state index in [1.807, 2.05) is 0 Å². The Morgan fingerprint density at radius 2 is 2.00 bits per heavy atom. The second-order valence-corrected chi connectivity index (χ2v) is 8.63. The van der Waals surface area contributed by atoms with Gasteiger partial charge in [-0.15, -0.1) is 0 Å². The highest BCUT2D eigenvalue weighted by molar-refractivity contribution is 5.90. The average Bonchev–Trinajstić information content (AvgIpc) is 2.89. The van der Waals surface area contributed by atoms with Crippen LogP contribution in [0.25, 0.3) is 5.57 Å². The van der Waals surface area contributed by atoms with E-state index in [0.29, 0.717) is 17.6 Å². The predicted octanol–water partition coefficient (Wildman–Crippen LogP) is 5.06. The molecule has 0 heterocycles. The molecule has 3 aliphatic rings. The summed E-state index contributed by atoms with van der Waals surface area (Å²) in [4.78, 5) is 12.9. The van der Waals surface area contributed by atoms with E-state index in [9.17, 15) is 4.79 Å². The molecule has 1 saturated carbocycles. The molecule has 1 fully saturated rings. The fourth-order valence-electron chi connectivity index (χ4n) is 5.38. The van der Waals surface area contributed by atoms with Gasteiger partial charge in [-0.2, -0.15) is 0 Å². The number of allylic oxidation sites excluding steroid dienone is 2. The molecule has 0 radical (unpaired) electrons. The van der Waals surface area contributed by atoms with Crippen molar-refractivity contribution >= 4 is 11.4 Å². The lowest BCUT2D eigenvalue weighted by Crippen LogP contribution is -2.31. The maximum atomic E-state index is 12.9. The molecule has 3 atom stereocenters. The first kappa shape index (κ1) is 15.9. The van der Waals surface area contributed by atoms with Crippen molar-refractivity contribution in [2.45, 2.75) is 52.9 Å². The molecular weight excluding hydrogens is 296 g/mol. The minimum absolute atomic E-state index is 0.132. The summed E-state index contributed by atoms with van der Waals surface area (Å²) in [6, 6.07) is 6.47. The Hall–Kier alpha value is -1.57. The topological polar surface area (TPSA) is 26.3 Å². The van der Waals surface area contributed by atoms with Crippen molar-refractivity contribution in [3.63, 3.8) is 0 Å². The molecule has 0 saturated heterocycles. The number of carbonyl (C=O) groups is 1. The van der Waals surface area contributed by atoms with Crippen molar-refractivity contribution in [3.05, 3.63) is 34.9 Å². The van der Waals surface area contributed by atoms with Crippen LogP contribution < -0.4 is 4.74 Å². The molecule has 128 valence electrons.